The number of carbonyl (C=O) groups is 2. The van der Waals surface area contributed by atoms with E-state index in [1.807, 2.05) is 0 Å². The maximum Gasteiger partial charge on any atom is 0.309 e. The van der Waals surface area contributed by atoms with Gasteiger partial charge in [0.15, 0.2) is 0 Å². The zero-order valence-corrected chi connectivity index (χ0v) is 16.8. The van der Waals surface area contributed by atoms with Crippen LogP contribution in [-0.2, 0) is 19.1 Å². The zero-order chi connectivity index (χ0) is 19.3. The minimum atomic E-state index is -0.702. The van der Waals surface area contributed by atoms with Gasteiger partial charge < -0.3 is 14.6 Å². The average molecular weight is 371 g/mol. The molecule has 0 atom stereocenters. The van der Waals surface area contributed by atoms with Crippen molar-refractivity contribution < 1.29 is 24.2 Å². The van der Waals surface area contributed by atoms with Gasteiger partial charge in [0.1, 0.15) is 5.60 Å². The molecule has 0 bridgehead atoms. The standard InChI is InChI=1S/C21H38O5/c1-20(2,19(23)24)12-8-4-3-6-10-16-25-17-11-7-5-9-13-21(14-15-21)26-18-22/h18H,3-17H2,1-2H3,(H,23,24). The molecule has 5 nitrogen and oxygen atoms in total. The highest BCUT2D eigenvalue weighted by molar-refractivity contribution is 5.73. The largest absolute Gasteiger partial charge is 0.481 e. The van der Waals surface area contributed by atoms with Crippen LogP contribution in [0.3, 0.4) is 0 Å². The summed E-state index contributed by atoms with van der Waals surface area (Å²) in [5.41, 5.74) is -0.689. The molecule has 0 radical (unpaired) electrons. The van der Waals surface area contributed by atoms with Crippen LogP contribution in [0.2, 0.25) is 0 Å². The summed E-state index contributed by atoms with van der Waals surface area (Å²) in [6.07, 6.45) is 13.9. The third kappa shape index (κ3) is 10.1. The normalized spacial score (nSPS) is 15.6. The van der Waals surface area contributed by atoms with Gasteiger partial charge in [0.25, 0.3) is 6.47 Å². The van der Waals surface area contributed by atoms with Crippen LogP contribution in [0.4, 0.5) is 0 Å². The highest BCUT2D eigenvalue weighted by Gasteiger charge is 2.44. The molecule has 0 aromatic carbocycles. The molecule has 1 aliphatic carbocycles. The van der Waals surface area contributed by atoms with E-state index in [-0.39, 0.29) is 5.60 Å². The molecular formula is C21H38O5. The average Bonchev–Trinajstić information content (AvgIpc) is 3.35. The van der Waals surface area contributed by atoms with Crippen LogP contribution in [0.15, 0.2) is 0 Å². The van der Waals surface area contributed by atoms with Crippen LogP contribution >= 0.6 is 0 Å². The van der Waals surface area contributed by atoms with Crippen molar-refractivity contribution in [3.05, 3.63) is 0 Å². The van der Waals surface area contributed by atoms with Crippen LogP contribution in [0.5, 0.6) is 0 Å². The molecule has 0 saturated heterocycles. The maximum atomic E-state index is 11.0. The smallest absolute Gasteiger partial charge is 0.309 e. The molecular weight excluding hydrogens is 332 g/mol. The summed E-state index contributed by atoms with van der Waals surface area (Å²) in [4.78, 5) is 21.4. The van der Waals surface area contributed by atoms with E-state index >= 15 is 0 Å². The molecule has 0 aliphatic heterocycles. The third-order valence-corrected chi connectivity index (χ3v) is 5.45. The second kappa shape index (κ2) is 12.3. The second-order valence-electron chi connectivity index (χ2n) is 8.38. The summed E-state index contributed by atoms with van der Waals surface area (Å²) in [6, 6.07) is 0. The Morgan fingerprint density at radius 2 is 1.50 bits per heavy atom. The van der Waals surface area contributed by atoms with Crippen molar-refractivity contribution >= 4 is 12.4 Å². The molecule has 1 fully saturated rings. The number of ether oxygens (including phenoxy) is 2. The van der Waals surface area contributed by atoms with Gasteiger partial charge in [-0.3, -0.25) is 9.59 Å². The summed E-state index contributed by atoms with van der Waals surface area (Å²) in [7, 11) is 0. The first-order chi connectivity index (χ1) is 12.4. The molecule has 1 saturated carbocycles. The lowest BCUT2D eigenvalue weighted by molar-refractivity contribution is -0.147. The molecule has 0 unspecified atom stereocenters. The first-order valence-corrected chi connectivity index (χ1v) is 10.3. The van der Waals surface area contributed by atoms with E-state index in [0.29, 0.717) is 6.47 Å². The van der Waals surface area contributed by atoms with Crippen LogP contribution in [0.25, 0.3) is 0 Å². The zero-order valence-electron chi connectivity index (χ0n) is 16.8. The number of hydrogen-bond donors (Lipinski definition) is 1. The third-order valence-electron chi connectivity index (χ3n) is 5.45. The van der Waals surface area contributed by atoms with E-state index in [1.165, 1.54) is 12.8 Å². The van der Waals surface area contributed by atoms with E-state index in [2.05, 4.69) is 0 Å². The highest BCUT2D eigenvalue weighted by Crippen LogP contribution is 2.43. The van der Waals surface area contributed by atoms with Gasteiger partial charge in [-0.25, -0.2) is 0 Å². The number of carboxylic acids is 1. The Bertz CT molecular complexity index is 401. The quantitative estimate of drug-likeness (QED) is 0.268. The predicted molar refractivity (Wildman–Crippen MR) is 102 cm³/mol. The molecule has 0 heterocycles. The monoisotopic (exact) mass is 370 g/mol. The molecule has 0 aromatic heterocycles. The number of carbonyl (C=O) groups excluding carboxylic acids is 1. The molecule has 0 amide bonds. The number of hydrogen-bond acceptors (Lipinski definition) is 4. The molecule has 152 valence electrons. The minimum Gasteiger partial charge on any atom is -0.481 e. The van der Waals surface area contributed by atoms with E-state index in [4.69, 9.17) is 14.6 Å². The van der Waals surface area contributed by atoms with Gasteiger partial charge in [-0.2, -0.15) is 0 Å². The molecule has 1 aliphatic rings. The Labute approximate surface area is 158 Å². The van der Waals surface area contributed by atoms with E-state index in [1.54, 1.807) is 13.8 Å². The maximum absolute atomic E-state index is 11.0. The van der Waals surface area contributed by atoms with Gasteiger partial charge >= 0.3 is 5.97 Å². The highest BCUT2D eigenvalue weighted by atomic mass is 16.5. The fourth-order valence-electron chi connectivity index (χ4n) is 3.18. The molecule has 1 N–H and O–H groups in total. The fraction of sp³-hybridized carbons (Fsp3) is 0.905. The first-order valence-electron chi connectivity index (χ1n) is 10.3. The molecule has 0 spiro atoms. The van der Waals surface area contributed by atoms with Crippen molar-refractivity contribution in [1.82, 2.24) is 0 Å². The van der Waals surface area contributed by atoms with Gasteiger partial charge in [-0.1, -0.05) is 38.5 Å². The summed E-state index contributed by atoms with van der Waals surface area (Å²) in [5.74, 6) is -0.702. The van der Waals surface area contributed by atoms with Crippen molar-refractivity contribution in [3.8, 4) is 0 Å². The number of unbranched alkanes of at least 4 members (excludes halogenated alkanes) is 7. The van der Waals surface area contributed by atoms with E-state index in [9.17, 15) is 9.59 Å². The van der Waals surface area contributed by atoms with Gasteiger partial charge in [0, 0.05) is 13.2 Å². The Balaban J connectivity index is 1.77. The first kappa shape index (κ1) is 22.9. The molecule has 0 aromatic rings. The van der Waals surface area contributed by atoms with Crippen molar-refractivity contribution in [2.75, 3.05) is 13.2 Å². The van der Waals surface area contributed by atoms with Gasteiger partial charge in [-0.05, 0) is 58.8 Å². The van der Waals surface area contributed by atoms with Crippen molar-refractivity contribution in [1.29, 1.82) is 0 Å². The molecule has 26 heavy (non-hydrogen) atoms. The summed E-state index contributed by atoms with van der Waals surface area (Å²) < 4.78 is 10.8. The Morgan fingerprint density at radius 3 is 2.04 bits per heavy atom. The van der Waals surface area contributed by atoms with Crippen LogP contribution in [0, 0.1) is 5.41 Å². The Hall–Kier alpha value is -1.10. The number of aliphatic carboxylic acids is 1. The van der Waals surface area contributed by atoms with Crippen molar-refractivity contribution in [3.63, 3.8) is 0 Å². The van der Waals surface area contributed by atoms with Gasteiger partial charge in [-0.15, -0.1) is 0 Å². The second-order valence-corrected chi connectivity index (χ2v) is 8.38. The lowest BCUT2D eigenvalue weighted by Gasteiger charge is -2.18. The Kier molecular flexibility index (Phi) is 10.9. The lowest BCUT2D eigenvalue weighted by atomic mass is 9.87. The molecule has 1 rings (SSSR count). The summed E-state index contributed by atoms with van der Waals surface area (Å²) in [5, 5.41) is 9.06. The van der Waals surface area contributed by atoms with E-state index in [0.717, 1.165) is 83.8 Å². The van der Waals surface area contributed by atoms with Crippen LogP contribution in [-0.4, -0.2) is 36.4 Å². The fourth-order valence-corrected chi connectivity index (χ4v) is 3.18. The minimum absolute atomic E-state index is 0.0956. The number of rotatable bonds is 18. The van der Waals surface area contributed by atoms with Crippen molar-refractivity contribution in [2.24, 2.45) is 5.41 Å². The summed E-state index contributed by atoms with van der Waals surface area (Å²) >= 11 is 0. The van der Waals surface area contributed by atoms with Gasteiger partial charge in [0.2, 0.25) is 0 Å². The summed E-state index contributed by atoms with van der Waals surface area (Å²) in [6.45, 7) is 5.86. The van der Waals surface area contributed by atoms with Crippen LogP contribution in [0.1, 0.15) is 97.3 Å². The van der Waals surface area contributed by atoms with Crippen LogP contribution < -0.4 is 0 Å². The number of carboxylic acid groups (broad SMARTS) is 1. The van der Waals surface area contributed by atoms with E-state index < -0.39 is 11.4 Å². The van der Waals surface area contributed by atoms with Gasteiger partial charge in [0.05, 0.1) is 5.41 Å². The molecule has 5 heteroatoms. The topological polar surface area (TPSA) is 72.8 Å². The lowest BCUT2D eigenvalue weighted by Crippen LogP contribution is -2.23. The predicted octanol–water partition coefficient (Wildman–Crippen LogP) is 5.11. The Morgan fingerprint density at radius 1 is 0.962 bits per heavy atom. The van der Waals surface area contributed by atoms with Crippen molar-refractivity contribution in [2.45, 2.75) is 103 Å². The SMILES string of the molecule is CC(C)(CCCCCCCOCCCCCCC1(OC=O)CC1)C(=O)O.